The van der Waals surface area contributed by atoms with Crippen molar-refractivity contribution in [2.75, 3.05) is 0 Å². The molecule has 4 rings (SSSR count). The zero-order chi connectivity index (χ0) is 21.3. The van der Waals surface area contributed by atoms with Gasteiger partial charge in [0.05, 0.1) is 11.1 Å². The van der Waals surface area contributed by atoms with Gasteiger partial charge in [0.1, 0.15) is 5.75 Å². The third-order valence-corrected chi connectivity index (χ3v) is 7.13. The Kier molecular flexibility index (Phi) is 6.10. The first kappa shape index (κ1) is 21.2. The van der Waals surface area contributed by atoms with E-state index in [-0.39, 0.29) is 23.1 Å². The largest absolute Gasteiger partial charge is 0.489 e. The molecule has 1 heterocycles. The van der Waals surface area contributed by atoms with Gasteiger partial charge >= 0.3 is 0 Å². The molecule has 0 amide bonds. The molecule has 1 saturated carbocycles. The van der Waals surface area contributed by atoms with Crippen LogP contribution in [0.15, 0.2) is 53.5 Å². The molecule has 0 aliphatic heterocycles. The lowest BCUT2D eigenvalue weighted by Gasteiger charge is -2.45. The molecular weight excluding hydrogens is 419 g/mol. The van der Waals surface area contributed by atoms with Crippen molar-refractivity contribution in [1.82, 2.24) is 4.98 Å². The van der Waals surface area contributed by atoms with E-state index in [0.29, 0.717) is 16.2 Å². The smallest absolute Gasteiger partial charge is 0.255 e. The number of aromatic nitrogens is 1. The van der Waals surface area contributed by atoms with Crippen molar-refractivity contribution in [1.29, 1.82) is 0 Å². The van der Waals surface area contributed by atoms with Crippen molar-refractivity contribution in [3.05, 3.63) is 74.6 Å². The molecule has 30 heavy (non-hydrogen) atoms. The summed E-state index contributed by atoms with van der Waals surface area (Å²) in [6.07, 6.45) is 6.10. The van der Waals surface area contributed by atoms with Gasteiger partial charge in [-0.2, -0.15) is 0 Å². The summed E-state index contributed by atoms with van der Waals surface area (Å²) in [6, 6.07) is 13.5. The van der Waals surface area contributed by atoms with E-state index in [1.54, 1.807) is 12.3 Å². The summed E-state index contributed by atoms with van der Waals surface area (Å²) in [4.78, 5) is 14.7. The van der Waals surface area contributed by atoms with Crippen molar-refractivity contribution >= 4 is 34.0 Å². The molecule has 0 spiro atoms. The van der Waals surface area contributed by atoms with E-state index in [1.807, 2.05) is 30.3 Å². The van der Waals surface area contributed by atoms with Gasteiger partial charge in [0, 0.05) is 28.1 Å². The summed E-state index contributed by atoms with van der Waals surface area (Å²) in [5.41, 5.74) is 7.47. The highest BCUT2D eigenvalue weighted by atomic mass is 35.5. The average Bonchev–Trinajstić information content (AvgIpc) is 2.75. The molecule has 1 fully saturated rings. The molecule has 1 aromatic heterocycles. The van der Waals surface area contributed by atoms with Crippen LogP contribution in [0.5, 0.6) is 5.75 Å². The van der Waals surface area contributed by atoms with Gasteiger partial charge in [-0.15, -0.1) is 0 Å². The zero-order valence-corrected chi connectivity index (χ0v) is 18.5. The summed E-state index contributed by atoms with van der Waals surface area (Å²) in [6.45, 7) is 2.13. The fraction of sp³-hybridized carbons (Fsp3) is 0.375. The van der Waals surface area contributed by atoms with Crippen LogP contribution in [0, 0.1) is 0 Å². The van der Waals surface area contributed by atoms with Crippen LogP contribution in [0.25, 0.3) is 10.8 Å². The number of halogens is 2. The summed E-state index contributed by atoms with van der Waals surface area (Å²) in [7, 11) is 0. The van der Waals surface area contributed by atoms with Crippen molar-refractivity contribution < 1.29 is 4.74 Å². The number of hydrogen-bond donors (Lipinski definition) is 2. The first-order chi connectivity index (χ1) is 14.4. The maximum absolute atomic E-state index is 12.0. The third-order valence-electron chi connectivity index (χ3n) is 6.50. The molecule has 0 bridgehead atoms. The van der Waals surface area contributed by atoms with Gasteiger partial charge in [-0.05, 0) is 67.3 Å². The van der Waals surface area contributed by atoms with E-state index < -0.39 is 0 Å². The molecular formula is C24H26Cl2N2O2. The second-order valence-corrected chi connectivity index (χ2v) is 8.96. The van der Waals surface area contributed by atoms with Crippen LogP contribution >= 0.6 is 23.2 Å². The van der Waals surface area contributed by atoms with E-state index >= 15 is 0 Å². The number of nitrogens with two attached hydrogens (primary N) is 1. The van der Waals surface area contributed by atoms with Crippen molar-refractivity contribution in [3.63, 3.8) is 0 Å². The number of rotatable bonds is 5. The Hall–Kier alpha value is -2.01. The number of nitrogens with one attached hydrogen (secondary N) is 1. The van der Waals surface area contributed by atoms with Gasteiger partial charge in [-0.25, -0.2) is 0 Å². The summed E-state index contributed by atoms with van der Waals surface area (Å²) in [5.74, 6) is 0.616. The van der Waals surface area contributed by atoms with E-state index in [2.05, 4.69) is 18.0 Å². The maximum Gasteiger partial charge on any atom is 0.255 e. The maximum atomic E-state index is 12.0. The SMILES string of the molecule is CCC(N)[C@]1(c2ccccc2Cl)CC[C@H](Oc2cc3cc[nH]c(=O)c3cc2Cl)CC1. The predicted molar refractivity (Wildman–Crippen MR) is 124 cm³/mol. The van der Waals surface area contributed by atoms with Crippen LogP contribution in [-0.4, -0.2) is 17.1 Å². The number of hydrogen-bond acceptors (Lipinski definition) is 3. The molecule has 1 atom stereocenters. The van der Waals surface area contributed by atoms with Crippen LogP contribution in [0.2, 0.25) is 10.0 Å². The van der Waals surface area contributed by atoms with Crippen molar-refractivity contribution in [3.8, 4) is 5.75 Å². The number of pyridine rings is 1. The number of aromatic amines is 1. The zero-order valence-electron chi connectivity index (χ0n) is 17.0. The Bertz CT molecular complexity index is 1100. The Morgan fingerprint density at radius 2 is 1.90 bits per heavy atom. The first-order valence-corrected chi connectivity index (χ1v) is 11.2. The van der Waals surface area contributed by atoms with Gasteiger partial charge in [0.15, 0.2) is 0 Å². The lowest BCUT2D eigenvalue weighted by atomic mass is 9.64. The molecule has 158 valence electrons. The molecule has 2 aromatic carbocycles. The Balaban J connectivity index is 1.56. The second kappa shape index (κ2) is 8.62. The Labute approximate surface area is 186 Å². The summed E-state index contributed by atoms with van der Waals surface area (Å²) < 4.78 is 6.29. The number of H-pyrrole nitrogens is 1. The van der Waals surface area contributed by atoms with Crippen molar-refractivity contribution in [2.45, 2.75) is 56.6 Å². The molecule has 6 heteroatoms. The topological polar surface area (TPSA) is 68.1 Å². The minimum absolute atomic E-state index is 0.0364. The van der Waals surface area contributed by atoms with Crippen LogP contribution in [0.4, 0.5) is 0 Å². The minimum atomic E-state index is -0.156. The molecule has 3 N–H and O–H groups in total. The molecule has 1 aliphatic carbocycles. The number of benzene rings is 2. The quantitative estimate of drug-likeness (QED) is 0.519. The highest BCUT2D eigenvalue weighted by Crippen LogP contribution is 2.46. The Morgan fingerprint density at radius 1 is 1.17 bits per heavy atom. The molecule has 3 aromatic rings. The lowest BCUT2D eigenvalue weighted by molar-refractivity contribution is 0.104. The van der Waals surface area contributed by atoms with E-state index in [9.17, 15) is 4.79 Å². The van der Waals surface area contributed by atoms with Gasteiger partial charge < -0.3 is 15.5 Å². The fourth-order valence-corrected chi connectivity index (χ4v) is 5.31. The molecule has 0 saturated heterocycles. The third kappa shape index (κ3) is 3.84. The second-order valence-electron chi connectivity index (χ2n) is 8.14. The van der Waals surface area contributed by atoms with Gasteiger partial charge in [0.2, 0.25) is 0 Å². The van der Waals surface area contributed by atoms with Crippen molar-refractivity contribution in [2.24, 2.45) is 5.73 Å². The Morgan fingerprint density at radius 3 is 2.60 bits per heavy atom. The number of fused-ring (bicyclic) bond motifs is 1. The van der Waals surface area contributed by atoms with Crippen LogP contribution < -0.4 is 16.0 Å². The molecule has 4 nitrogen and oxygen atoms in total. The monoisotopic (exact) mass is 444 g/mol. The van der Waals surface area contributed by atoms with Crippen LogP contribution in [0.1, 0.15) is 44.6 Å². The summed E-state index contributed by atoms with van der Waals surface area (Å²) >= 11 is 13.0. The first-order valence-electron chi connectivity index (χ1n) is 10.4. The van der Waals surface area contributed by atoms with Crippen LogP contribution in [0.3, 0.4) is 0 Å². The standard InChI is InChI=1S/C24H26Cl2N2O2/c1-2-22(27)24(18-5-3-4-6-19(18)25)10-7-16(8-11-24)30-21-13-15-9-12-28-23(29)17(15)14-20(21)26/h3-6,9,12-14,16,22H,2,7-8,10-11,27H2,1H3,(H,28,29)/t16-,22?,24+. The predicted octanol–water partition coefficient (Wildman–Crippen LogP) is 5.83. The van der Waals surface area contributed by atoms with E-state index in [1.165, 1.54) is 0 Å². The molecule has 1 unspecified atom stereocenters. The lowest BCUT2D eigenvalue weighted by Crippen LogP contribution is -2.49. The number of ether oxygens (including phenoxy) is 1. The van der Waals surface area contributed by atoms with Gasteiger partial charge in [0.25, 0.3) is 5.56 Å². The van der Waals surface area contributed by atoms with Gasteiger partial charge in [-0.3, -0.25) is 4.79 Å². The van der Waals surface area contributed by atoms with E-state index in [0.717, 1.165) is 48.1 Å². The average molecular weight is 445 g/mol. The van der Waals surface area contributed by atoms with Gasteiger partial charge in [-0.1, -0.05) is 48.3 Å². The van der Waals surface area contributed by atoms with E-state index in [4.69, 9.17) is 33.7 Å². The summed E-state index contributed by atoms with van der Waals surface area (Å²) in [5, 5.41) is 2.61. The fourth-order valence-electron chi connectivity index (χ4n) is 4.78. The van der Waals surface area contributed by atoms with Crippen LogP contribution in [-0.2, 0) is 5.41 Å². The highest BCUT2D eigenvalue weighted by molar-refractivity contribution is 6.33. The normalized spacial score (nSPS) is 22.7. The minimum Gasteiger partial charge on any atom is -0.489 e. The molecule has 0 radical (unpaired) electrons. The molecule has 1 aliphatic rings. The highest BCUT2D eigenvalue weighted by Gasteiger charge is 2.42.